The molecule has 1 saturated heterocycles. The Hall–Kier alpha value is -2.53. The van der Waals surface area contributed by atoms with E-state index in [2.05, 4.69) is 17.4 Å². The molecule has 0 aliphatic carbocycles. The second-order valence-corrected chi connectivity index (χ2v) is 7.01. The molecule has 1 amide bonds. The van der Waals surface area contributed by atoms with E-state index in [1.807, 2.05) is 37.3 Å². The van der Waals surface area contributed by atoms with Crippen LogP contribution >= 0.6 is 0 Å². The van der Waals surface area contributed by atoms with Crippen molar-refractivity contribution in [2.45, 2.75) is 25.2 Å². The number of aryl methyl sites for hydroxylation is 1. The van der Waals surface area contributed by atoms with Gasteiger partial charge in [-0.2, -0.15) is 0 Å². The lowest BCUT2D eigenvalue weighted by Crippen LogP contribution is -2.44. The number of carbonyl (C=O) groups is 1. The lowest BCUT2D eigenvalue weighted by Gasteiger charge is -2.38. The van der Waals surface area contributed by atoms with Crippen LogP contribution in [0.25, 0.3) is 0 Å². The highest BCUT2D eigenvalue weighted by atomic mass is 16.5. The molecular weight excluding hydrogens is 342 g/mol. The van der Waals surface area contributed by atoms with E-state index in [9.17, 15) is 4.79 Å². The normalized spacial score (nSPS) is 15.8. The summed E-state index contributed by atoms with van der Waals surface area (Å²) in [6, 6.07) is 13.7. The molecule has 3 rings (SSSR count). The molecule has 1 N–H and O–H groups in total. The van der Waals surface area contributed by atoms with Crippen LogP contribution in [-0.2, 0) is 10.2 Å². The van der Waals surface area contributed by atoms with Crippen molar-refractivity contribution in [3.05, 3.63) is 59.2 Å². The number of methoxy groups -OCH3 is 2. The molecule has 0 unspecified atom stereocenters. The summed E-state index contributed by atoms with van der Waals surface area (Å²) in [5.41, 5.74) is 2.64. The van der Waals surface area contributed by atoms with Crippen LogP contribution in [0.4, 0.5) is 0 Å². The molecule has 0 saturated carbocycles. The van der Waals surface area contributed by atoms with Crippen LogP contribution in [0.5, 0.6) is 11.5 Å². The van der Waals surface area contributed by atoms with Crippen LogP contribution in [0.3, 0.4) is 0 Å². The number of benzene rings is 2. The van der Waals surface area contributed by atoms with E-state index in [1.165, 1.54) is 5.56 Å². The summed E-state index contributed by atoms with van der Waals surface area (Å²) in [5, 5.41) is 3.13. The molecule has 0 radical (unpaired) electrons. The van der Waals surface area contributed by atoms with Crippen molar-refractivity contribution in [3.63, 3.8) is 0 Å². The molecule has 0 spiro atoms. The summed E-state index contributed by atoms with van der Waals surface area (Å²) in [4.78, 5) is 12.9. The van der Waals surface area contributed by atoms with Crippen molar-refractivity contribution < 1.29 is 19.0 Å². The minimum Gasteiger partial charge on any atom is -0.497 e. The molecule has 2 aromatic rings. The summed E-state index contributed by atoms with van der Waals surface area (Å²) < 4.78 is 16.2. The third-order valence-corrected chi connectivity index (χ3v) is 5.34. The van der Waals surface area contributed by atoms with Gasteiger partial charge >= 0.3 is 0 Å². The topological polar surface area (TPSA) is 56.8 Å². The maximum absolute atomic E-state index is 12.9. The fourth-order valence-corrected chi connectivity index (χ4v) is 3.62. The van der Waals surface area contributed by atoms with E-state index in [0.717, 1.165) is 24.2 Å². The molecule has 0 bridgehead atoms. The summed E-state index contributed by atoms with van der Waals surface area (Å²) in [6.45, 7) is 3.90. The first kappa shape index (κ1) is 19.2. The van der Waals surface area contributed by atoms with E-state index in [4.69, 9.17) is 14.2 Å². The molecule has 1 aliphatic heterocycles. The van der Waals surface area contributed by atoms with Gasteiger partial charge in [-0.25, -0.2) is 0 Å². The maximum atomic E-state index is 12.9. The van der Waals surface area contributed by atoms with E-state index in [0.29, 0.717) is 31.1 Å². The molecule has 1 fully saturated rings. The third kappa shape index (κ3) is 4.25. The Morgan fingerprint density at radius 2 is 1.78 bits per heavy atom. The van der Waals surface area contributed by atoms with Gasteiger partial charge in [0.1, 0.15) is 11.5 Å². The van der Waals surface area contributed by atoms with Crippen LogP contribution in [0.2, 0.25) is 0 Å². The number of nitrogens with one attached hydrogen (secondary N) is 1. The molecule has 5 nitrogen and oxygen atoms in total. The van der Waals surface area contributed by atoms with E-state index in [1.54, 1.807) is 14.2 Å². The van der Waals surface area contributed by atoms with Gasteiger partial charge in [0.2, 0.25) is 0 Å². The fraction of sp³-hybridized carbons (Fsp3) is 0.409. The Balaban J connectivity index is 1.81. The molecule has 0 atom stereocenters. The van der Waals surface area contributed by atoms with Gasteiger partial charge in [-0.3, -0.25) is 4.79 Å². The molecule has 5 heteroatoms. The van der Waals surface area contributed by atoms with Gasteiger partial charge in [0.15, 0.2) is 0 Å². The fourth-order valence-electron chi connectivity index (χ4n) is 3.62. The number of amides is 1. The zero-order valence-corrected chi connectivity index (χ0v) is 16.2. The summed E-state index contributed by atoms with van der Waals surface area (Å²) in [5.74, 6) is 1.30. The Kier molecular flexibility index (Phi) is 6.01. The van der Waals surface area contributed by atoms with Gasteiger partial charge in [0.25, 0.3) is 5.91 Å². The first-order valence-corrected chi connectivity index (χ1v) is 9.23. The SMILES string of the molecule is COc1ccc(C2(CNC(=O)c3cc(C)ccc3OC)CCOCC2)cc1. The zero-order valence-electron chi connectivity index (χ0n) is 16.2. The number of hydrogen-bond donors (Lipinski definition) is 1. The summed E-state index contributed by atoms with van der Waals surface area (Å²) >= 11 is 0. The van der Waals surface area contributed by atoms with Crippen molar-refractivity contribution >= 4 is 5.91 Å². The van der Waals surface area contributed by atoms with Crippen LogP contribution in [0.15, 0.2) is 42.5 Å². The molecule has 2 aromatic carbocycles. The van der Waals surface area contributed by atoms with Crippen LogP contribution in [-0.4, -0.2) is 39.9 Å². The van der Waals surface area contributed by atoms with Crippen molar-refractivity contribution in [1.82, 2.24) is 5.32 Å². The number of carbonyl (C=O) groups excluding carboxylic acids is 1. The van der Waals surface area contributed by atoms with Crippen molar-refractivity contribution in [2.24, 2.45) is 0 Å². The number of ether oxygens (including phenoxy) is 3. The Bertz CT molecular complexity index is 779. The Labute approximate surface area is 160 Å². The van der Waals surface area contributed by atoms with Crippen LogP contribution in [0, 0.1) is 6.92 Å². The molecule has 1 aliphatic rings. The second-order valence-electron chi connectivity index (χ2n) is 7.01. The zero-order chi connectivity index (χ0) is 19.3. The highest BCUT2D eigenvalue weighted by Gasteiger charge is 2.35. The van der Waals surface area contributed by atoms with Gasteiger partial charge < -0.3 is 19.5 Å². The van der Waals surface area contributed by atoms with E-state index >= 15 is 0 Å². The lowest BCUT2D eigenvalue weighted by molar-refractivity contribution is 0.0486. The van der Waals surface area contributed by atoms with Gasteiger partial charge in [0, 0.05) is 25.2 Å². The maximum Gasteiger partial charge on any atom is 0.255 e. The smallest absolute Gasteiger partial charge is 0.255 e. The number of hydrogen-bond acceptors (Lipinski definition) is 4. The Morgan fingerprint density at radius 3 is 2.41 bits per heavy atom. The first-order chi connectivity index (χ1) is 13.1. The minimum absolute atomic E-state index is 0.116. The highest BCUT2D eigenvalue weighted by molar-refractivity contribution is 5.97. The van der Waals surface area contributed by atoms with Gasteiger partial charge in [0.05, 0.1) is 19.8 Å². The summed E-state index contributed by atoms with van der Waals surface area (Å²) in [7, 11) is 3.24. The average Bonchev–Trinajstić information content (AvgIpc) is 2.72. The van der Waals surface area contributed by atoms with Crippen molar-refractivity contribution in [3.8, 4) is 11.5 Å². The quantitative estimate of drug-likeness (QED) is 0.847. The minimum atomic E-state index is -0.142. The van der Waals surface area contributed by atoms with Crippen molar-refractivity contribution in [2.75, 3.05) is 34.0 Å². The largest absolute Gasteiger partial charge is 0.497 e. The van der Waals surface area contributed by atoms with Crippen molar-refractivity contribution in [1.29, 1.82) is 0 Å². The van der Waals surface area contributed by atoms with E-state index < -0.39 is 0 Å². The van der Waals surface area contributed by atoms with Gasteiger partial charge in [-0.05, 0) is 49.6 Å². The predicted octanol–water partition coefficient (Wildman–Crippen LogP) is 3.49. The van der Waals surface area contributed by atoms with E-state index in [-0.39, 0.29) is 11.3 Å². The molecule has 0 aromatic heterocycles. The molecule has 1 heterocycles. The first-order valence-electron chi connectivity index (χ1n) is 9.23. The Morgan fingerprint density at radius 1 is 1.07 bits per heavy atom. The highest BCUT2D eigenvalue weighted by Crippen LogP contribution is 2.35. The third-order valence-electron chi connectivity index (χ3n) is 5.34. The van der Waals surface area contributed by atoms with Crippen LogP contribution < -0.4 is 14.8 Å². The molecule has 27 heavy (non-hydrogen) atoms. The second kappa shape index (κ2) is 8.44. The summed E-state index contributed by atoms with van der Waals surface area (Å²) in [6.07, 6.45) is 1.73. The lowest BCUT2D eigenvalue weighted by atomic mass is 9.74. The average molecular weight is 369 g/mol. The number of rotatable bonds is 6. The van der Waals surface area contributed by atoms with Crippen LogP contribution in [0.1, 0.15) is 34.3 Å². The standard InChI is InChI=1S/C22H27NO4/c1-16-4-9-20(26-3)19(14-16)21(24)23-15-22(10-12-27-13-11-22)17-5-7-18(25-2)8-6-17/h4-9,14H,10-13,15H2,1-3H3,(H,23,24). The van der Waals surface area contributed by atoms with Gasteiger partial charge in [-0.1, -0.05) is 23.8 Å². The molecule has 144 valence electrons. The monoisotopic (exact) mass is 369 g/mol. The van der Waals surface area contributed by atoms with Gasteiger partial charge in [-0.15, -0.1) is 0 Å². The predicted molar refractivity (Wildman–Crippen MR) is 105 cm³/mol. The molecular formula is C22H27NO4.